The molecule has 6 nitrogen and oxygen atoms in total. The van der Waals surface area contributed by atoms with E-state index in [2.05, 4.69) is 16.0 Å². The molecule has 0 aliphatic rings. The van der Waals surface area contributed by atoms with Gasteiger partial charge in [0.1, 0.15) is 23.2 Å². The molecule has 27 heavy (non-hydrogen) atoms. The summed E-state index contributed by atoms with van der Waals surface area (Å²) in [5.74, 6) is 0.828. The van der Waals surface area contributed by atoms with E-state index in [1.807, 2.05) is 30.3 Å². The standard InChI is InChI=1S/C21H14N4O2/c22-11-13-10-15(27-14-4-2-1-3-5-14)6-7-16(13)20(26)17-12-25-21-19(17)18(23)8-9-24-21/h1-10,12H,(H3,23,24,25). The number of hydrogen-bond acceptors (Lipinski definition) is 5. The van der Waals surface area contributed by atoms with Gasteiger partial charge in [0, 0.05) is 23.6 Å². The molecule has 0 saturated carbocycles. The number of benzene rings is 2. The molecular weight excluding hydrogens is 340 g/mol. The molecule has 0 radical (unpaired) electrons. The lowest BCUT2D eigenvalue weighted by atomic mass is 9.98. The molecule has 2 aromatic heterocycles. The predicted molar refractivity (Wildman–Crippen MR) is 102 cm³/mol. The summed E-state index contributed by atoms with van der Waals surface area (Å²) in [6.45, 7) is 0. The van der Waals surface area contributed by atoms with Crippen molar-refractivity contribution in [3.63, 3.8) is 0 Å². The number of nitrogen functional groups attached to an aromatic ring is 1. The fourth-order valence-corrected chi connectivity index (χ4v) is 2.91. The number of hydrogen-bond donors (Lipinski definition) is 2. The monoisotopic (exact) mass is 354 g/mol. The number of rotatable bonds is 4. The number of fused-ring (bicyclic) bond motifs is 1. The van der Waals surface area contributed by atoms with Gasteiger partial charge in [-0.05, 0) is 36.4 Å². The molecule has 130 valence electrons. The van der Waals surface area contributed by atoms with Gasteiger partial charge in [-0.3, -0.25) is 4.79 Å². The number of ketones is 1. The van der Waals surface area contributed by atoms with E-state index in [-0.39, 0.29) is 16.9 Å². The molecule has 6 heteroatoms. The molecule has 0 fully saturated rings. The van der Waals surface area contributed by atoms with Gasteiger partial charge in [-0.2, -0.15) is 5.26 Å². The maximum atomic E-state index is 13.0. The van der Waals surface area contributed by atoms with Crippen molar-refractivity contribution in [3.05, 3.63) is 83.7 Å². The highest BCUT2D eigenvalue weighted by Crippen LogP contribution is 2.28. The zero-order valence-electron chi connectivity index (χ0n) is 14.1. The molecule has 4 aromatic rings. The van der Waals surface area contributed by atoms with Crippen molar-refractivity contribution in [1.82, 2.24) is 9.97 Å². The summed E-state index contributed by atoms with van der Waals surface area (Å²) in [5, 5.41) is 10.1. The Morgan fingerprint density at radius 3 is 2.67 bits per heavy atom. The zero-order chi connectivity index (χ0) is 18.8. The van der Waals surface area contributed by atoms with Gasteiger partial charge in [-0.15, -0.1) is 0 Å². The average molecular weight is 354 g/mol. The molecule has 0 bridgehead atoms. The Bertz CT molecular complexity index is 1190. The summed E-state index contributed by atoms with van der Waals surface area (Å²) >= 11 is 0. The molecule has 2 aromatic carbocycles. The minimum Gasteiger partial charge on any atom is -0.457 e. The van der Waals surface area contributed by atoms with Crippen LogP contribution in [0.5, 0.6) is 11.5 Å². The predicted octanol–water partition coefficient (Wildman–Crippen LogP) is 4.04. The largest absolute Gasteiger partial charge is 0.457 e. The van der Waals surface area contributed by atoms with E-state index in [0.29, 0.717) is 33.8 Å². The number of carbonyl (C=O) groups is 1. The van der Waals surface area contributed by atoms with E-state index in [1.54, 1.807) is 36.7 Å². The molecule has 3 N–H and O–H groups in total. The lowest BCUT2D eigenvalue weighted by molar-refractivity contribution is 0.104. The van der Waals surface area contributed by atoms with Crippen LogP contribution >= 0.6 is 0 Å². The lowest BCUT2D eigenvalue weighted by Gasteiger charge is -2.08. The van der Waals surface area contributed by atoms with Crippen LogP contribution in [0.25, 0.3) is 11.0 Å². The Morgan fingerprint density at radius 2 is 1.89 bits per heavy atom. The molecule has 0 aliphatic carbocycles. The van der Waals surface area contributed by atoms with E-state index in [1.165, 1.54) is 0 Å². The Labute approximate surface area is 154 Å². The molecule has 0 unspecified atom stereocenters. The number of ether oxygens (including phenoxy) is 1. The number of anilines is 1. The first kappa shape index (κ1) is 16.4. The molecule has 4 rings (SSSR count). The van der Waals surface area contributed by atoms with E-state index < -0.39 is 0 Å². The van der Waals surface area contributed by atoms with Crippen molar-refractivity contribution in [2.75, 3.05) is 5.73 Å². The highest BCUT2D eigenvalue weighted by Gasteiger charge is 2.20. The minimum absolute atomic E-state index is 0.227. The number of nitrogens with two attached hydrogens (primary N) is 1. The summed E-state index contributed by atoms with van der Waals surface area (Å²) in [4.78, 5) is 20.1. The fraction of sp³-hybridized carbons (Fsp3) is 0. The lowest BCUT2D eigenvalue weighted by Crippen LogP contribution is -2.04. The number of para-hydroxylation sites is 1. The van der Waals surface area contributed by atoms with Gasteiger partial charge in [0.2, 0.25) is 0 Å². The highest BCUT2D eigenvalue weighted by atomic mass is 16.5. The van der Waals surface area contributed by atoms with Crippen LogP contribution in [0.15, 0.2) is 67.0 Å². The zero-order valence-corrected chi connectivity index (χ0v) is 14.1. The Hall–Kier alpha value is -4.11. The van der Waals surface area contributed by atoms with Crippen LogP contribution in [-0.2, 0) is 0 Å². The first-order valence-corrected chi connectivity index (χ1v) is 8.20. The summed E-state index contributed by atoms with van der Waals surface area (Å²) in [7, 11) is 0. The van der Waals surface area contributed by atoms with Crippen molar-refractivity contribution in [1.29, 1.82) is 5.26 Å². The van der Waals surface area contributed by atoms with Gasteiger partial charge in [-0.1, -0.05) is 18.2 Å². The summed E-state index contributed by atoms with van der Waals surface area (Å²) in [5.41, 5.74) is 7.87. The Balaban J connectivity index is 1.73. The van der Waals surface area contributed by atoms with Gasteiger partial charge in [0.05, 0.1) is 16.5 Å². The number of nitrogens with zero attached hydrogens (tertiary/aromatic N) is 2. The maximum Gasteiger partial charge on any atom is 0.196 e. The number of pyridine rings is 1. The highest BCUT2D eigenvalue weighted by molar-refractivity contribution is 6.19. The molecular formula is C21H14N4O2. The van der Waals surface area contributed by atoms with Crippen molar-refractivity contribution >= 4 is 22.5 Å². The van der Waals surface area contributed by atoms with Crippen molar-refractivity contribution in [2.45, 2.75) is 0 Å². The van der Waals surface area contributed by atoms with Crippen molar-refractivity contribution < 1.29 is 9.53 Å². The van der Waals surface area contributed by atoms with Crippen LogP contribution in [-0.4, -0.2) is 15.8 Å². The normalized spacial score (nSPS) is 10.5. The second-order valence-electron chi connectivity index (χ2n) is 5.89. The summed E-state index contributed by atoms with van der Waals surface area (Å²) < 4.78 is 5.74. The molecule has 0 amide bonds. The molecule has 2 heterocycles. The average Bonchev–Trinajstić information content (AvgIpc) is 3.14. The Kier molecular flexibility index (Phi) is 4.03. The minimum atomic E-state index is -0.302. The van der Waals surface area contributed by atoms with Crippen LogP contribution < -0.4 is 10.5 Å². The first-order chi connectivity index (χ1) is 13.2. The number of nitriles is 1. The molecule has 0 aliphatic heterocycles. The SMILES string of the molecule is N#Cc1cc(Oc2ccccc2)ccc1C(=O)c1c[nH]c2nccc(N)c12. The van der Waals surface area contributed by atoms with Crippen LogP contribution in [0.2, 0.25) is 0 Å². The number of aromatic amines is 1. The van der Waals surface area contributed by atoms with E-state index >= 15 is 0 Å². The number of H-pyrrole nitrogens is 1. The van der Waals surface area contributed by atoms with E-state index in [9.17, 15) is 10.1 Å². The van der Waals surface area contributed by atoms with Crippen LogP contribution in [0.3, 0.4) is 0 Å². The van der Waals surface area contributed by atoms with Gasteiger partial charge >= 0.3 is 0 Å². The maximum absolute atomic E-state index is 13.0. The molecule has 0 spiro atoms. The van der Waals surface area contributed by atoms with E-state index in [4.69, 9.17) is 10.5 Å². The summed E-state index contributed by atoms with van der Waals surface area (Å²) in [6, 6.07) is 17.7. The quantitative estimate of drug-likeness (QED) is 0.538. The van der Waals surface area contributed by atoms with Gasteiger partial charge in [0.25, 0.3) is 0 Å². The number of carbonyl (C=O) groups excluding carboxylic acids is 1. The Morgan fingerprint density at radius 1 is 1.07 bits per heavy atom. The van der Waals surface area contributed by atoms with Crippen LogP contribution in [0.4, 0.5) is 5.69 Å². The van der Waals surface area contributed by atoms with Crippen molar-refractivity contribution in [3.8, 4) is 17.6 Å². The number of nitrogens with one attached hydrogen (secondary N) is 1. The fourth-order valence-electron chi connectivity index (χ4n) is 2.91. The summed E-state index contributed by atoms with van der Waals surface area (Å²) in [6.07, 6.45) is 3.13. The molecule has 0 saturated heterocycles. The first-order valence-electron chi connectivity index (χ1n) is 8.20. The van der Waals surface area contributed by atoms with E-state index in [0.717, 1.165) is 0 Å². The smallest absolute Gasteiger partial charge is 0.196 e. The molecule has 0 atom stereocenters. The topological polar surface area (TPSA) is 105 Å². The van der Waals surface area contributed by atoms with Crippen LogP contribution in [0.1, 0.15) is 21.5 Å². The third kappa shape index (κ3) is 2.98. The second-order valence-corrected chi connectivity index (χ2v) is 5.89. The van der Waals surface area contributed by atoms with Crippen molar-refractivity contribution in [2.24, 2.45) is 0 Å². The number of aromatic nitrogens is 2. The third-order valence-electron chi connectivity index (χ3n) is 4.19. The van der Waals surface area contributed by atoms with Gasteiger partial charge < -0.3 is 15.5 Å². The van der Waals surface area contributed by atoms with Crippen LogP contribution in [0, 0.1) is 11.3 Å². The van der Waals surface area contributed by atoms with Gasteiger partial charge in [0.15, 0.2) is 5.78 Å². The third-order valence-corrected chi connectivity index (χ3v) is 4.19. The second kappa shape index (κ2) is 6.65. The van der Waals surface area contributed by atoms with Gasteiger partial charge in [-0.25, -0.2) is 4.98 Å².